The second-order valence-corrected chi connectivity index (χ2v) is 9.41. The van der Waals surface area contributed by atoms with E-state index in [4.69, 9.17) is 39.5 Å². The van der Waals surface area contributed by atoms with Crippen molar-refractivity contribution in [2.45, 2.75) is 23.6 Å². The Morgan fingerprint density at radius 1 is 0.939 bits per heavy atom. The van der Waals surface area contributed by atoms with Crippen LogP contribution in [-0.4, -0.2) is 41.1 Å². The summed E-state index contributed by atoms with van der Waals surface area (Å²) in [4.78, 5) is 51.1. The Morgan fingerprint density at radius 3 is 2.09 bits per heavy atom. The summed E-state index contributed by atoms with van der Waals surface area (Å²) in [7, 11) is 0. The fraction of sp³-hybridized carbons (Fsp3) is 0.304. The molecule has 2 aromatic carbocycles. The highest BCUT2D eigenvalue weighted by atomic mass is 35.5. The maximum atomic E-state index is 12.8. The van der Waals surface area contributed by atoms with E-state index in [9.17, 15) is 19.2 Å². The van der Waals surface area contributed by atoms with Gasteiger partial charge in [0, 0.05) is 0 Å². The fourth-order valence-corrected chi connectivity index (χ4v) is 4.83. The summed E-state index contributed by atoms with van der Waals surface area (Å²) in [5.74, 6) is -2.87. The molecule has 172 valence electrons. The van der Waals surface area contributed by atoms with Crippen molar-refractivity contribution in [2.24, 2.45) is 11.8 Å². The Hall–Kier alpha value is -2.61. The largest absolute Gasteiger partial charge is 0.452 e. The second kappa shape index (κ2) is 9.71. The van der Waals surface area contributed by atoms with Gasteiger partial charge < -0.3 is 10.1 Å². The van der Waals surface area contributed by atoms with Gasteiger partial charge in [0.1, 0.15) is 0 Å². The van der Waals surface area contributed by atoms with Gasteiger partial charge >= 0.3 is 5.97 Å². The number of alkyl halides is 2. The van der Waals surface area contributed by atoms with Crippen LogP contribution in [0.2, 0.25) is 5.02 Å². The molecule has 7 nitrogen and oxygen atoms in total. The van der Waals surface area contributed by atoms with Gasteiger partial charge in [-0.1, -0.05) is 23.7 Å². The van der Waals surface area contributed by atoms with Crippen molar-refractivity contribution < 1.29 is 23.9 Å². The first kappa shape index (κ1) is 23.5. The molecule has 0 spiro atoms. The highest BCUT2D eigenvalue weighted by molar-refractivity contribution is 6.33. The second-order valence-electron chi connectivity index (χ2n) is 7.88. The molecular weight excluding hydrogens is 491 g/mol. The van der Waals surface area contributed by atoms with Crippen molar-refractivity contribution in [2.75, 3.05) is 16.8 Å². The number of para-hydroxylation sites is 1. The van der Waals surface area contributed by atoms with Crippen molar-refractivity contribution >= 4 is 69.9 Å². The van der Waals surface area contributed by atoms with E-state index in [1.165, 1.54) is 24.3 Å². The number of fused-ring (bicyclic) bond motifs is 1. The zero-order chi connectivity index (χ0) is 23.7. The van der Waals surface area contributed by atoms with E-state index in [0.717, 1.165) is 4.90 Å². The topological polar surface area (TPSA) is 92.8 Å². The summed E-state index contributed by atoms with van der Waals surface area (Å²) in [5.41, 5.74) is 0.929. The van der Waals surface area contributed by atoms with Crippen LogP contribution in [0.4, 0.5) is 11.4 Å². The van der Waals surface area contributed by atoms with Gasteiger partial charge in [-0.2, -0.15) is 0 Å². The molecule has 0 aromatic heterocycles. The molecular formula is C23H19Cl3N2O5. The van der Waals surface area contributed by atoms with Crippen LogP contribution in [0.5, 0.6) is 0 Å². The summed E-state index contributed by atoms with van der Waals surface area (Å²) in [6.07, 6.45) is 0.699. The number of carbonyl (C=O) groups is 4. The van der Waals surface area contributed by atoms with Crippen molar-refractivity contribution in [3.63, 3.8) is 0 Å². The van der Waals surface area contributed by atoms with Gasteiger partial charge in [0.25, 0.3) is 5.91 Å². The average molecular weight is 510 g/mol. The van der Waals surface area contributed by atoms with E-state index in [2.05, 4.69) is 5.32 Å². The lowest BCUT2D eigenvalue weighted by molar-refractivity contribution is -0.122. The van der Waals surface area contributed by atoms with Gasteiger partial charge in [-0.05, 0) is 49.2 Å². The quantitative estimate of drug-likeness (QED) is 0.370. The van der Waals surface area contributed by atoms with Crippen LogP contribution < -0.4 is 10.2 Å². The molecule has 1 aliphatic heterocycles. The zero-order valence-electron chi connectivity index (χ0n) is 17.2. The summed E-state index contributed by atoms with van der Waals surface area (Å²) >= 11 is 18.4. The van der Waals surface area contributed by atoms with E-state index in [0.29, 0.717) is 29.2 Å². The molecule has 1 aliphatic carbocycles. The number of hydrogen-bond acceptors (Lipinski definition) is 5. The van der Waals surface area contributed by atoms with Crippen LogP contribution in [0.25, 0.3) is 0 Å². The van der Waals surface area contributed by atoms with Crippen molar-refractivity contribution in [3.8, 4) is 0 Å². The minimum atomic E-state index is -0.724. The molecule has 10 heteroatoms. The molecule has 4 atom stereocenters. The van der Waals surface area contributed by atoms with Crippen LogP contribution in [0.3, 0.4) is 0 Å². The van der Waals surface area contributed by atoms with Gasteiger partial charge in [-0.25, -0.2) is 4.79 Å². The number of rotatable bonds is 5. The summed E-state index contributed by atoms with van der Waals surface area (Å²) in [6, 6.07) is 12.5. The number of nitrogens with one attached hydrogen (secondary N) is 1. The molecule has 0 unspecified atom stereocenters. The Bertz CT molecular complexity index is 1080. The maximum absolute atomic E-state index is 12.8. The van der Waals surface area contributed by atoms with Crippen molar-refractivity contribution in [1.29, 1.82) is 0 Å². The standard InChI is InChI=1S/C23H19Cl3N2O5/c24-16-3-1-2-4-19(16)27-20(29)11-33-23(32)12-5-7-13(8-6-12)28-21(30)14-9-17(25)18(26)10-15(14)22(28)31/h1-8,14-15,17-18H,9-11H2,(H,27,29)/t14-,15+,17-,18-/m0/s1. The minimum absolute atomic E-state index is 0.169. The maximum Gasteiger partial charge on any atom is 0.338 e. The number of ether oxygens (including phenoxy) is 1. The number of nitrogens with zero attached hydrogens (tertiary/aromatic N) is 1. The van der Waals surface area contributed by atoms with Crippen LogP contribution in [0.15, 0.2) is 48.5 Å². The monoisotopic (exact) mass is 508 g/mol. The number of esters is 1. The lowest BCUT2D eigenvalue weighted by Crippen LogP contribution is -2.34. The predicted octanol–water partition coefficient (Wildman–Crippen LogP) is 4.25. The molecule has 0 bridgehead atoms. The predicted molar refractivity (Wildman–Crippen MR) is 125 cm³/mol. The average Bonchev–Trinajstić information content (AvgIpc) is 3.03. The third-order valence-electron chi connectivity index (χ3n) is 5.76. The number of hydrogen-bond donors (Lipinski definition) is 1. The Balaban J connectivity index is 1.37. The lowest BCUT2D eigenvalue weighted by atomic mass is 9.80. The number of amides is 3. The molecule has 4 rings (SSSR count). The van der Waals surface area contributed by atoms with Crippen LogP contribution in [-0.2, 0) is 19.1 Å². The first-order valence-electron chi connectivity index (χ1n) is 10.2. The third kappa shape index (κ3) is 4.86. The Labute approximate surface area is 204 Å². The third-order valence-corrected chi connectivity index (χ3v) is 7.18. The number of carbonyl (C=O) groups excluding carboxylic acids is 4. The molecule has 1 saturated heterocycles. The minimum Gasteiger partial charge on any atom is -0.452 e. The molecule has 0 radical (unpaired) electrons. The van der Waals surface area contributed by atoms with Crippen molar-refractivity contribution in [1.82, 2.24) is 0 Å². The first-order chi connectivity index (χ1) is 15.8. The van der Waals surface area contributed by atoms with E-state index in [-0.39, 0.29) is 28.1 Å². The van der Waals surface area contributed by atoms with Crippen molar-refractivity contribution in [3.05, 3.63) is 59.1 Å². The molecule has 2 aliphatic rings. The number of halogens is 3. The molecule has 3 amide bonds. The molecule has 1 saturated carbocycles. The van der Waals surface area contributed by atoms with Crippen LogP contribution >= 0.6 is 34.8 Å². The highest BCUT2D eigenvalue weighted by Crippen LogP contribution is 2.43. The lowest BCUT2D eigenvalue weighted by Gasteiger charge is -2.28. The zero-order valence-corrected chi connectivity index (χ0v) is 19.4. The van der Waals surface area contributed by atoms with Crippen LogP contribution in [0, 0.1) is 11.8 Å². The highest BCUT2D eigenvalue weighted by Gasteiger charge is 2.52. The number of anilines is 2. The molecule has 2 aromatic rings. The smallest absolute Gasteiger partial charge is 0.338 e. The molecule has 1 N–H and O–H groups in total. The van der Waals surface area contributed by atoms with Gasteiger partial charge in [0.2, 0.25) is 11.8 Å². The van der Waals surface area contributed by atoms with E-state index in [1.54, 1.807) is 24.3 Å². The van der Waals surface area contributed by atoms with Crippen LogP contribution in [0.1, 0.15) is 23.2 Å². The van der Waals surface area contributed by atoms with E-state index < -0.39 is 30.3 Å². The fourth-order valence-electron chi connectivity index (χ4n) is 4.06. The van der Waals surface area contributed by atoms with E-state index >= 15 is 0 Å². The van der Waals surface area contributed by atoms with Gasteiger partial charge in [0.15, 0.2) is 6.61 Å². The number of benzene rings is 2. The molecule has 1 heterocycles. The Morgan fingerprint density at radius 2 is 1.52 bits per heavy atom. The SMILES string of the molecule is O=C(COC(=O)c1ccc(N2C(=O)[C@H]3C[C@H](Cl)[C@@H](Cl)C[C@H]3C2=O)cc1)Nc1ccccc1Cl. The number of imide groups is 1. The summed E-state index contributed by atoms with van der Waals surface area (Å²) in [6.45, 7) is -0.503. The summed E-state index contributed by atoms with van der Waals surface area (Å²) < 4.78 is 5.04. The molecule has 2 fully saturated rings. The van der Waals surface area contributed by atoms with Gasteiger partial charge in [-0.3, -0.25) is 19.3 Å². The molecule has 33 heavy (non-hydrogen) atoms. The summed E-state index contributed by atoms with van der Waals surface area (Å²) in [5, 5.41) is 2.19. The Kier molecular flexibility index (Phi) is 6.93. The van der Waals surface area contributed by atoms with E-state index in [1.807, 2.05) is 0 Å². The first-order valence-corrected chi connectivity index (χ1v) is 11.5. The normalized spacial score (nSPS) is 24.4. The van der Waals surface area contributed by atoms with Gasteiger partial charge in [0.05, 0.1) is 44.6 Å². The van der Waals surface area contributed by atoms with Gasteiger partial charge in [-0.15, -0.1) is 23.2 Å².